The molecule has 0 aromatic rings. The maximum absolute atomic E-state index is 12.0. The van der Waals surface area contributed by atoms with Gasteiger partial charge in [0.15, 0.2) is 0 Å². The molecule has 1 fully saturated rings. The second-order valence-electron chi connectivity index (χ2n) is 6.73. The first-order valence-corrected chi connectivity index (χ1v) is 8.06. The van der Waals surface area contributed by atoms with Gasteiger partial charge in [0.25, 0.3) is 0 Å². The van der Waals surface area contributed by atoms with Crippen LogP contribution in [-0.4, -0.2) is 54.2 Å². The van der Waals surface area contributed by atoms with E-state index in [1.54, 1.807) is 0 Å². The third kappa shape index (κ3) is 6.12. The molecule has 0 saturated carbocycles. The lowest BCUT2D eigenvalue weighted by atomic mass is 9.93. The van der Waals surface area contributed by atoms with Crippen LogP contribution in [0.2, 0.25) is 0 Å². The predicted molar refractivity (Wildman–Crippen MR) is 82.9 cm³/mol. The summed E-state index contributed by atoms with van der Waals surface area (Å²) in [6.45, 7) is 15.3. The molecule has 1 saturated heterocycles. The molecule has 0 bridgehead atoms. The summed E-state index contributed by atoms with van der Waals surface area (Å²) in [6, 6.07) is 0. The van der Waals surface area contributed by atoms with Gasteiger partial charge in [0.1, 0.15) is 5.60 Å². The lowest BCUT2D eigenvalue weighted by molar-refractivity contribution is 0.0178. The summed E-state index contributed by atoms with van der Waals surface area (Å²) >= 11 is 0. The molecule has 1 rings (SSSR count). The van der Waals surface area contributed by atoms with Crippen molar-refractivity contribution in [2.75, 3.05) is 32.7 Å². The molecular weight excluding hydrogens is 252 g/mol. The van der Waals surface area contributed by atoms with E-state index in [0.717, 1.165) is 44.9 Å². The molecule has 20 heavy (non-hydrogen) atoms. The maximum atomic E-state index is 12.0. The second-order valence-corrected chi connectivity index (χ2v) is 6.73. The number of hydrogen-bond acceptors (Lipinski definition) is 3. The van der Waals surface area contributed by atoms with Crippen LogP contribution in [0.4, 0.5) is 4.79 Å². The minimum atomic E-state index is -0.392. The molecule has 0 aliphatic carbocycles. The van der Waals surface area contributed by atoms with Crippen LogP contribution in [-0.2, 0) is 4.74 Å². The van der Waals surface area contributed by atoms with Gasteiger partial charge in [0, 0.05) is 13.1 Å². The Morgan fingerprint density at radius 3 is 2.20 bits per heavy atom. The van der Waals surface area contributed by atoms with Gasteiger partial charge in [-0.15, -0.1) is 0 Å². The van der Waals surface area contributed by atoms with Crippen molar-refractivity contribution < 1.29 is 9.53 Å². The van der Waals surface area contributed by atoms with Crippen LogP contribution >= 0.6 is 0 Å². The molecule has 0 aromatic carbocycles. The van der Waals surface area contributed by atoms with Gasteiger partial charge in [-0.1, -0.05) is 13.8 Å². The quantitative estimate of drug-likeness (QED) is 0.776. The first-order valence-electron chi connectivity index (χ1n) is 8.06. The van der Waals surface area contributed by atoms with E-state index in [1.807, 2.05) is 25.7 Å². The minimum absolute atomic E-state index is 0.153. The molecule has 118 valence electrons. The van der Waals surface area contributed by atoms with Gasteiger partial charge in [0.05, 0.1) is 0 Å². The number of carbonyl (C=O) groups is 1. The van der Waals surface area contributed by atoms with E-state index in [2.05, 4.69) is 18.7 Å². The normalized spacial score (nSPS) is 17.6. The molecule has 0 spiro atoms. The highest BCUT2D eigenvalue weighted by Gasteiger charge is 2.26. The summed E-state index contributed by atoms with van der Waals surface area (Å²) in [4.78, 5) is 16.3. The Balaban J connectivity index is 2.28. The molecular formula is C16H32N2O2. The van der Waals surface area contributed by atoms with Crippen LogP contribution in [0.5, 0.6) is 0 Å². The Hall–Kier alpha value is -0.770. The predicted octanol–water partition coefficient (Wildman–Crippen LogP) is 3.37. The summed E-state index contributed by atoms with van der Waals surface area (Å²) < 4.78 is 5.42. The first-order chi connectivity index (χ1) is 9.35. The van der Waals surface area contributed by atoms with Gasteiger partial charge in [-0.05, 0) is 65.6 Å². The highest BCUT2D eigenvalue weighted by atomic mass is 16.6. The van der Waals surface area contributed by atoms with Crippen LogP contribution in [0.15, 0.2) is 0 Å². The van der Waals surface area contributed by atoms with E-state index in [-0.39, 0.29) is 6.09 Å². The third-order valence-corrected chi connectivity index (χ3v) is 4.01. The zero-order valence-electron chi connectivity index (χ0n) is 13.9. The lowest BCUT2D eigenvalue weighted by Gasteiger charge is -2.34. The minimum Gasteiger partial charge on any atom is -0.444 e. The van der Waals surface area contributed by atoms with Gasteiger partial charge in [0.2, 0.25) is 0 Å². The molecule has 1 aliphatic rings. The number of ether oxygens (including phenoxy) is 1. The highest BCUT2D eigenvalue weighted by Crippen LogP contribution is 2.22. The smallest absolute Gasteiger partial charge is 0.410 e. The molecule has 0 radical (unpaired) electrons. The summed E-state index contributed by atoms with van der Waals surface area (Å²) in [5.41, 5.74) is -0.392. The van der Waals surface area contributed by atoms with Crippen molar-refractivity contribution in [1.82, 2.24) is 9.80 Å². The fraction of sp³-hybridized carbons (Fsp3) is 0.938. The third-order valence-electron chi connectivity index (χ3n) is 4.01. The number of amides is 1. The maximum Gasteiger partial charge on any atom is 0.410 e. The van der Waals surface area contributed by atoms with Crippen LogP contribution < -0.4 is 0 Å². The summed E-state index contributed by atoms with van der Waals surface area (Å²) in [6.07, 6.45) is 3.32. The molecule has 4 heteroatoms. The molecule has 0 unspecified atom stereocenters. The lowest BCUT2D eigenvalue weighted by Crippen LogP contribution is -2.42. The molecule has 0 atom stereocenters. The largest absolute Gasteiger partial charge is 0.444 e. The van der Waals surface area contributed by atoms with Gasteiger partial charge in [-0.3, -0.25) is 0 Å². The van der Waals surface area contributed by atoms with Crippen LogP contribution in [0.3, 0.4) is 0 Å². The van der Waals surface area contributed by atoms with Crippen molar-refractivity contribution in [2.24, 2.45) is 5.92 Å². The Morgan fingerprint density at radius 1 is 1.20 bits per heavy atom. The van der Waals surface area contributed by atoms with E-state index < -0.39 is 5.60 Å². The van der Waals surface area contributed by atoms with E-state index in [4.69, 9.17) is 4.74 Å². The number of piperidine rings is 1. The highest BCUT2D eigenvalue weighted by molar-refractivity contribution is 5.68. The van der Waals surface area contributed by atoms with Crippen LogP contribution in [0, 0.1) is 5.92 Å². The number of hydrogen-bond donors (Lipinski definition) is 0. The van der Waals surface area contributed by atoms with Crippen LogP contribution in [0.25, 0.3) is 0 Å². The summed E-state index contributed by atoms with van der Waals surface area (Å²) in [5, 5.41) is 0. The van der Waals surface area contributed by atoms with E-state index in [1.165, 1.54) is 13.0 Å². The van der Waals surface area contributed by atoms with E-state index in [9.17, 15) is 4.79 Å². The van der Waals surface area contributed by atoms with Gasteiger partial charge in [-0.2, -0.15) is 0 Å². The van der Waals surface area contributed by atoms with Crippen LogP contribution in [0.1, 0.15) is 53.9 Å². The number of carbonyl (C=O) groups excluding carboxylic acids is 1. The Bertz CT molecular complexity index is 287. The SMILES string of the molecule is CCN(CC)CCC1CCN(C(=O)OC(C)(C)C)CC1. The molecule has 0 aromatic heterocycles. The number of rotatable bonds is 5. The summed E-state index contributed by atoms with van der Waals surface area (Å²) in [7, 11) is 0. The van der Waals surface area contributed by atoms with Gasteiger partial charge >= 0.3 is 6.09 Å². The van der Waals surface area contributed by atoms with Crippen molar-refractivity contribution in [1.29, 1.82) is 0 Å². The Kier molecular flexibility index (Phi) is 6.80. The fourth-order valence-electron chi connectivity index (χ4n) is 2.64. The zero-order chi connectivity index (χ0) is 15.2. The number of likely N-dealkylation sites (tertiary alicyclic amines) is 1. The first kappa shape index (κ1) is 17.3. The van der Waals surface area contributed by atoms with Crippen molar-refractivity contribution in [3.63, 3.8) is 0 Å². The van der Waals surface area contributed by atoms with Crippen molar-refractivity contribution in [3.05, 3.63) is 0 Å². The molecule has 1 heterocycles. The second kappa shape index (κ2) is 7.87. The average molecular weight is 284 g/mol. The van der Waals surface area contributed by atoms with Crippen molar-refractivity contribution in [2.45, 2.75) is 59.5 Å². The topological polar surface area (TPSA) is 32.8 Å². The fourth-order valence-corrected chi connectivity index (χ4v) is 2.64. The molecule has 1 amide bonds. The monoisotopic (exact) mass is 284 g/mol. The molecule has 0 N–H and O–H groups in total. The Morgan fingerprint density at radius 2 is 1.75 bits per heavy atom. The van der Waals surface area contributed by atoms with Crippen molar-refractivity contribution in [3.8, 4) is 0 Å². The Labute approximate surface area is 124 Å². The van der Waals surface area contributed by atoms with Gasteiger partial charge < -0.3 is 14.5 Å². The van der Waals surface area contributed by atoms with Crippen molar-refractivity contribution >= 4 is 6.09 Å². The molecule has 4 nitrogen and oxygen atoms in total. The zero-order valence-corrected chi connectivity index (χ0v) is 13.9. The average Bonchev–Trinajstić information content (AvgIpc) is 2.38. The summed E-state index contributed by atoms with van der Waals surface area (Å²) in [5.74, 6) is 0.759. The van der Waals surface area contributed by atoms with E-state index >= 15 is 0 Å². The molecule has 1 aliphatic heterocycles. The number of nitrogens with zero attached hydrogens (tertiary/aromatic N) is 2. The van der Waals surface area contributed by atoms with Gasteiger partial charge in [-0.25, -0.2) is 4.79 Å². The van der Waals surface area contributed by atoms with E-state index in [0.29, 0.717) is 0 Å². The standard InChI is InChI=1S/C16H32N2O2/c1-6-17(7-2)11-8-14-9-12-18(13-10-14)15(19)20-16(3,4)5/h14H,6-13H2,1-5H3.